The van der Waals surface area contributed by atoms with Gasteiger partial charge >= 0.3 is 0 Å². The van der Waals surface area contributed by atoms with Crippen LogP contribution in [0, 0.1) is 11.3 Å². The fraction of sp³-hybridized carbons (Fsp3) is 0.867. The van der Waals surface area contributed by atoms with Gasteiger partial charge in [-0.15, -0.1) is 0 Å². The Balaban J connectivity index is 1.74. The molecule has 0 bridgehead atoms. The van der Waals surface area contributed by atoms with Gasteiger partial charge in [-0.1, -0.05) is 12.1 Å². The molecule has 1 heterocycles. The Morgan fingerprint density at radius 1 is 1.43 bits per heavy atom. The van der Waals surface area contributed by atoms with Gasteiger partial charge in [0.15, 0.2) is 0 Å². The van der Waals surface area contributed by atoms with E-state index in [2.05, 4.69) is 5.16 Å². The van der Waals surface area contributed by atoms with Gasteiger partial charge in [0.25, 0.3) is 0 Å². The van der Waals surface area contributed by atoms with Gasteiger partial charge in [-0.05, 0) is 38.5 Å². The quantitative estimate of drug-likeness (QED) is 0.349. The predicted molar refractivity (Wildman–Crippen MR) is 80.1 cm³/mol. The summed E-state index contributed by atoms with van der Waals surface area (Å²) >= 11 is 0. The van der Waals surface area contributed by atoms with Gasteiger partial charge in [-0.25, -0.2) is 0 Å². The summed E-state index contributed by atoms with van der Waals surface area (Å²) in [5.41, 5.74) is 5.45. The molecule has 6 nitrogen and oxygen atoms in total. The summed E-state index contributed by atoms with van der Waals surface area (Å²) in [4.78, 5) is 14.2. The van der Waals surface area contributed by atoms with E-state index in [1.54, 1.807) is 0 Å². The second-order valence-corrected chi connectivity index (χ2v) is 6.55. The van der Waals surface area contributed by atoms with Crippen LogP contribution in [0.5, 0.6) is 0 Å². The number of likely N-dealkylation sites (tertiary alicyclic amines) is 1. The first kappa shape index (κ1) is 16.1. The van der Waals surface area contributed by atoms with Crippen molar-refractivity contribution in [3.63, 3.8) is 0 Å². The molecule has 1 saturated heterocycles. The van der Waals surface area contributed by atoms with Crippen molar-refractivity contribution in [2.45, 2.75) is 52.1 Å². The Bertz CT molecular complexity index is 397. The van der Waals surface area contributed by atoms with Gasteiger partial charge in [0.2, 0.25) is 5.91 Å². The summed E-state index contributed by atoms with van der Waals surface area (Å²) in [5.74, 6) is 0.982. The largest absolute Gasteiger partial charge is 0.409 e. The van der Waals surface area contributed by atoms with E-state index in [9.17, 15) is 4.79 Å². The molecule has 0 aromatic rings. The van der Waals surface area contributed by atoms with Crippen LogP contribution >= 0.6 is 0 Å². The molecule has 1 aliphatic heterocycles. The first-order valence-electron chi connectivity index (χ1n) is 7.86. The highest BCUT2D eigenvalue weighted by Gasteiger charge is 2.37. The van der Waals surface area contributed by atoms with E-state index in [0.717, 1.165) is 32.3 Å². The minimum atomic E-state index is -0.290. The third-order valence-corrected chi connectivity index (χ3v) is 5.00. The monoisotopic (exact) mass is 297 g/mol. The van der Waals surface area contributed by atoms with Gasteiger partial charge in [0.1, 0.15) is 5.84 Å². The van der Waals surface area contributed by atoms with Crippen molar-refractivity contribution in [2.24, 2.45) is 22.2 Å². The summed E-state index contributed by atoms with van der Waals surface area (Å²) in [5, 5.41) is 12.0. The molecule has 0 radical (unpaired) electrons. The van der Waals surface area contributed by atoms with Gasteiger partial charge in [-0.2, -0.15) is 0 Å². The summed E-state index contributed by atoms with van der Waals surface area (Å²) in [6.07, 6.45) is 4.51. The van der Waals surface area contributed by atoms with E-state index in [-0.39, 0.29) is 17.2 Å². The molecule has 0 atom stereocenters. The van der Waals surface area contributed by atoms with Crippen LogP contribution < -0.4 is 5.73 Å². The number of amides is 1. The minimum Gasteiger partial charge on any atom is -0.409 e. The molecule has 0 aromatic heterocycles. The third-order valence-electron chi connectivity index (χ3n) is 5.00. The maximum absolute atomic E-state index is 12.3. The van der Waals surface area contributed by atoms with Gasteiger partial charge in [0, 0.05) is 31.5 Å². The van der Waals surface area contributed by atoms with Crippen molar-refractivity contribution in [1.29, 1.82) is 0 Å². The number of piperidine rings is 1. The molecule has 2 rings (SSSR count). The van der Waals surface area contributed by atoms with Crippen molar-refractivity contribution in [3.8, 4) is 0 Å². The lowest BCUT2D eigenvalue weighted by molar-refractivity contribution is -0.136. The van der Waals surface area contributed by atoms with E-state index in [1.165, 1.54) is 0 Å². The lowest BCUT2D eigenvalue weighted by Gasteiger charge is -2.40. The van der Waals surface area contributed by atoms with Crippen molar-refractivity contribution >= 4 is 11.7 Å². The van der Waals surface area contributed by atoms with Crippen LogP contribution in [-0.2, 0) is 9.53 Å². The number of oxime groups is 1. The van der Waals surface area contributed by atoms with Crippen molar-refractivity contribution in [1.82, 2.24) is 4.90 Å². The number of carbonyl (C=O) groups is 1. The first-order chi connectivity index (χ1) is 9.98. The van der Waals surface area contributed by atoms with Crippen LogP contribution in [0.2, 0.25) is 0 Å². The lowest BCUT2D eigenvalue weighted by atomic mass is 9.78. The summed E-state index contributed by atoms with van der Waals surface area (Å²) in [7, 11) is 0. The number of ether oxygens (including phenoxy) is 1. The predicted octanol–water partition coefficient (Wildman–Crippen LogP) is 1.57. The Kier molecular flexibility index (Phi) is 5.08. The number of carbonyl (C=O) groups excluding carboxylic acids is 1. The molecule has 1 aliphatic carbocycles. The Labute approximate surface area is 126 Å². The molecule has 6 heteroatoms. The molecule has 21 heavy (non-hydrogen) atoms. The average Bonchev–Trinajstić information content (AvgIpc) is 2.44. The molecule has 0 aromatic carbocycles. The molecule has 2 fully saturated rings. The van der Waals surface area contributed by atoms with Crippen molar-refractivity contribution in [3.05, 3.63) is 0 Å². The molecule has 1 amide bonds. The van der Waals surface area contributed by atoms with Crippen LogP contribution in [-0.4, -0.2) is 47.7 Å². The standard InChI is InChI=1S/C15H27N3O3/c1-3-21-12-8-11(9-12)10-13(19)18-6-4-15(2,5-7-18)14(16)17-20/h11-12,20H,3-10H2,1-2H3,(H2,16,17). The number of rotatable bonds is 5. The highest BCUT2D eigenvalue weighted by molar-refractivity contribution is 5.86. The van der Waals surface area contributed by atoms with Gasteiger partial charge in [0.05, 0.1) is 6.10 Å². The zero-order chi connectivity index (χ0) is 15.5. The third kappa shape index (κ3) is 3.67. The topological polar surface area (TPSA) is 88.2 Å². The second-order valence-electron chi connectivity index (χ2n) is 6.55. The molecule has 0 spiro atoms. The zero-order valence-electron chi connectivity index (χ0n) is 13.0. The molecule has 0 unspecified atom stereocenters. The Morgan fingerprint density at radius 3 is 2.57 bits per heavy atom. The normalized spacial score (nSPS) is 29.0. The van der Waals surface area contributed by atoms with Crippen LogP contribution in [0.4, 0.5) is 0 Å². The first-order valence-corrected chi connectivity index (χ1v) is 7.86. The molecule has 2 aliphatic rings. The van der Waals surface area contributed by atoms with Crippen LogP contribution in [0.25, 0.3) is 0 Å². The maximum Gasteiger partial charge on any atom is 0.222 e. The van der Waals surface area contributed by atoms with Crippen molar-refractivity contribution < 1.29 is 14.7 Å². The van der Waals surface area contributed by atoms with E-state index >= 15 is 0 Å². The molecular weight excluding hydrogens is 270 g/mol. The second kappa shape index (κ2) is 6.64. The van der Waals surface area contributed by atoms with Gasteiger partial charge < -0.3 is 20.6 Å². The molecule has 1 saturated carbocycles. The molecule has 120 valence electrons. The van der Waals surface area contributed by atoms with E-state index in [4.69, 9.17) is 15.7 Å². The Hall–Kier alpha value is -1.30. The van der Waals surface area contributed by atoms with Crippen LogP contribution in [0.15, 0.2) is 5.16 Å². The number of amidine groups is 1. The highest BCUT2D eigenvalue weighted by atomic mass is 16.5. The number of hydrogen-bond donors (Lipinski definition) is 2. The SMILES string of the molecule is CCOC1CC(CC(=O)N2CCC(C)(C(N)=NO)CC2)C1. The number of nitrogens with two attached hydrogens (primary N) is 1. The van der Waals surface area contributed by atoms with Crippen LogP contribution in [0.1, 0.15) is 46.0 Å². The summed E-state index contributed by atoms with van der Waals surface area (Å²) in [6, 6.07) is 0. The van der Waals surface area contributed by atoms with Crippen molar-refractivity contribution in [2.75, 3.05) is 19.7 Å². The van der Waals surface area contributed by atoms with E-state index in [1.807, 2.05) is 18.7 Å². The Morgan fingerprint density at radius 2 is 2.05 bits per heavy atom. The molecule has 3 N–H and O–H groups in total. The van der Waals surface area contributed by atoms with E-state index in [0.29, 0.717) is 31.5 Å². The smallest absolute Gasteiger partial charge is 0.222 e. The maximum atomic E-state index is 12.3. The lowest BCUT2D eigenvalue weighted by Crippen LogP contribution is -2.48. The summed E-state index contributed by atoms with van der Waals surface area (Å²) < 4.78 is 5.53. The molecular formula is C15H27N3O3. The van der Waals surface area contributed by atoms with E-state index < -0.39 is 0 Å². The number of hydrogen-bond acceptors (Lipinski definition) is 4. The number of nitrogens with zero attached hydrogens (tertiary/aromatic N) is 2. The zero-order valence-corrected chi connectivity index (χ0v) is 13.0. The fourth-order valence-electron chi connectivity index (χ4n) is 3.22. The van der Waals surface area contributed by atoms with Crippen LogP contribution in [0.3, 0.4) is 0 Å². The minimum absolute atomic E-state index is 0.233. The highest BCUT2D eigenvalue weighted by Crippen LogP contribution is 2.35. The van der Waals surface area contributed by atoms with Gasteiger partial charge in [-0.3, -0.25) is 4.79 Å². The fourth-order valence-corrected chi connectivity index (χ4v) is 3.22. The summed E-state index contributed by atoms with van der Waals surface area (Å²) in [6.45, 7) is 6.12. The average molecular weight is 297 g/mol.